The molecule has 3 atom stereocenters. The molecule has 4 heteroatoms. The van der Waals surface area contributed by atoms with Crippen molar-refractivity contribution >= 4 is 74.2 Å². The standard InChI is InChI=1S/C66H50N2OSi/c1-4-16-51(17-5-1)70(52-18-6-2-7-19-52,53-20-8-3-9-21-53)54-41-39-50(40-42-54)67(49-37-32-46(33-38-49)55-24-14-27-60-57-23-11-13-29-64(57)69-66(55)60)48-35-30-45(31-36-48)47-34-43-63-61(44-47)59-26-15-25-58-56-22-10-12-28-62(56)68(63)65(58)59/h1-23,25,27-30,32-45,55,59H,24,26,31H2. The Kier molecular flexibility index (Phi) is 9.63. The molecule has 3 unspecified atom stereocenters. The Morgan fingerprint density at radius 2 is 1.06 bits per heavy atom. The molecule has 0 fully saturated rings. The number of allylic oxidation sites excluding steroid dienone is 5. The fourth-order valence-electron chi connectivity index (χ4n) is 12.5. The quantitative estimate of drug-likeness (QED) is 0.106. The Balaban J connectivity index is 0.844. The number of furan rings is 1. The van der Waals surface area contributed by atoms with E-state index in [2.05, 4.69) is 258 Å². The van der Waals surface area contributed by atoms with Crippen LogP contribution in [-0.4, -0.2) is 12.6 Å². The van der Waals surface area contributed by atoms with Crippen molar-refractivity contribution in [1.29, 1.82) is 0 Å². The van der Waals surface area contributed by atoms with E-state index >= 15 is 0 Å². The van der Waals surface area contributed by atoms with Crippen molar-refractivity contribution in [3.8, 4) is 5.69 Å². The molecule has 334 valence electrons. The summed E-state index contributed by atoms with van der Waals surface area (Å²) in [6.45, 7) is 0. The Hall–Kier alpha value is -8.18. The van der Waals surface area contributed by atoms with Gasteiger partial charge in [0.05, 0.1) is 5.52 Å². The summed E-state index contributed by atoms with van der Waals surface area (Å²) >= 11 is 0. The van der Waals surface area contributed by atoms with Crippen molar-refractivity contribution in [3.05, 3.63) is 282 Å². The molecule has 0 N–H and O–H groups in total. The second-order valence-corrected chi connectivity index (χ2v) is 23.2. The maximum Gasteiger partial charge on any atom is 0.179 e. The smallest absolute Gasteiger partial charge is 0.179 e. The van der Waals surface area contributed by atoms with Crippen LogP contribution in [0.2, 0.25) is 0 Å². The molecule has 8 aromatic carbocycles. The molecular weight excluding hydrogens is 865 g/mol. The monoisotopic (exact) mass is 914 g/mol. The summed E-state index contributed by atoms with van der Waals surface area (Å²) in [4.78, 5) is 2.46. The highest BCUT2D eigenvalue weighted by Gasteiger charge is 2.41. The summed E-state index contributed by atoms with van der Waals surface area (Å²) in [5.74, 6) is 1.88. The lowest BCUT2D eigenvalue weighted by Gasteiger charge is -2.35. The van der Waals surface area contributed by atoms with E-state index in [-0.39, 0.29) is 11.8 Å². The lowest BCUT2D eigenvalue weighted by molar-refractivity contribution is 0.517. The SMILES string of the molecule is C1=Cc2c(oc3ccccc23)C(c2ccc(N(C3=CCC(c4ccc5c(c4)C4CC=Cc6c4n-5c4ccccc64)C=C3)c3ccc([Si](c4ccccc4)(c4ccccc4)c4ccccc4)cc3)cc2)C1. The number of nitrogens with zero attached hydrogens (tertiary/aromatic N) is 2. The van der Waals surface area contributed by atoms with Gasteiger partial charge < -0.3 is 13.9 Å². The first kappa shape index (κ1) is 40.8. The van der Waals surface area contributed by atoms with Crippen LogP contribution < -0.4 is 25.6 Å². The third-order valence-electron chi connectivity index (χ3n) is 15.7. The van der Waals surface area contributed by atoms with Gasteiger partial charge in [0.15, 0.2) is 8.07 Å². The molecule has 3 nitrogen and oxygen atoms in total. The number of rotatable bonds is 9. The molecule has 14 rings (SSSR count). The zero-order valence-corrected chi connectivity index (χ0v) is 39.8. The highest BCUT2D eigenvalue weighted by atomic mass is 28.3. The Bertz CT molecular complexity index is 3650. The zero-order chi connectivity index (χ0) is 46.2. The van der Waals surface area contributed by atoms with Crippen LogP contribution in [0.4, 0.5) is 11.4 Å². The molecule has 3 aliphatic carbocycles. The van der Waals surface area contributed by atoms with Gasteiger partial charge in [-0.05, 0) is 105 Å². The van der Waals surface area contributed by atoms with Crippen molar-refractivity contribution in [1.82, 2.24) is 4.57 Å². The van der Waals surface area contributed by atoms with Gasteiger partial charge in [-0.15, -0.1) is 0 Å². The van der Waals surface area contributed by atoms with Crippen LogP contribution in [0.5, 0.6) is 0 Å². The molecule has 1 aliphatic heterocycles. The predicted octanol–water partition coefficient (Wildman–Crippen LogP) is 13.9. The maximum atomic E-state index is 6.57. The molecule has 4 aliphatic rings. The van der Waals surface area contributed by atoms with Crippen LogP contribution in [0.1, 0.15) is 76.3 Å². The molecule has 0 saturated heterocycles. The van der Waals surface area contributed by atoms with Gasteiger partial charge in [-0.3, -0.25) is 0 Å². The third kappa shape index (κ3) is 6.33. The van der Waals surface area contributed by atoms with Crippen molar-refractivity contribution in [2.45, 2.75) is 37.0 Å². The van der Waals surface area contributed by atoms with Crippen molar-refractivity contribution in [2.24, 2.45) is 0 Å². The zero-order valence-electron chi connectivity index (χ0n) is 38.8. The van der Waals surface area contributed by atoms with E-state index in [1.54, 1.807) is 0 Å². The fraction of sp³-hybridized carbons (Fsp3) is 0.0909. The highest BCUT2D eigenvalue weighted by molar-refractivity contribution is 7.19. The van der Waals surface area contributed by atoms with Gasteiger partial charge in [-0.2, -0.15) is 0 Å². The Labute approximate surface area is 410 Å². The first-order chi connectivity index (χ1) is 34.7. The van der Waals surface area contributed by atoms with Gasteiger partial charge in [-0.25, -0.2) is 0 Å². The van der Waals surface area contributed by atoms with Crippen LogP contribution in [0.15, 0.2) is 247 Å². The minimum Gasteiger partial charge on any atom is -0.460 e. The molecule has 0 spiro atoms. The summed E-state index contributed by atoms with van der Waals surface area (Å²) in [5.41, 5.74) is 15.2. The third-order valence-corrected chi connectivity index (χ3v) is 20.5. The van der Waals surface area contributed by atoms with Crippen LogP contribution in [-0.2, 0) is 0 Å². The Morgan fingerprint density at radius 1 is 0.486 bits per heavy atom. The number of hydrogen-bond donors (Lipinski definition) is 0. The normalized spacial score (nSPS) is 17.6. The number of para-hydroxylation sites is 2. The molecule has 10 aromatic rings. The number of hydrogen-bond acceptors (Lipinski definition) is 2. The molecule has 70 heavy (non-hydrogen) atoms. The molecular formula is C66H50N2OSi. The van der Waals surface area contributed by atoms with Gasteiger partial charge in [0.25, 0.3) is 0 Å². The van der Waals surface area contributed by atoms with Gasteiger partial charge >= 0.3 is 0 Å². The maximum absolute atomic E-state index is 6.57. The van der Waals surface area contributed by atoms with E-state index in [1.807, 2.05) is 0 Å². The number of fused-ring (bicyclic) bond motifs is 9. The molecule has 0 saturated carbocycles. The first-order valence-electron chi connectivity index (χ1n) is 24.9. The summed E-state index contributed by atoms with van der Waals surface area (Å²) in [6.07, 6.45) is 19.4. The summed E-state index contributed by atoms with van der Waals surface area (Å²) < 4.78 is 9.11. The van der Waals surface area contributed by atoms with Crippen LogP contribution in [0.3, 0.4) is 0 Å². The second-order valence-electron chi connectivity index (χ2n) is 19.4. The van der Waals surface area contributed by atoms with Gasteiger partial charge in [0.2, 0.25) is 0 Å². The van der Waals surface area contributed by atoms with Crippen LogP contribution >= 0.6 is 0 Å². The number of aromatic nitrogens is 1. The average Bonchev–Trinajstić information content (AvgIpc) is 4.10. The van der Waals surface area contributed by atoms with Gasteiger partial charge in [0, 0.05) is 68.1 Å². The van der Waals surface area contributed by atoms with E-state index in [0.717, 1.165) is 42.0 Å². The summed E-state index contributed by atoms with van der Waals surface area (Å²) in [6, 6.07) is 77.0. The van der Waals surface area contributed by atoms with E-state index in [9.17, 15) is 0 Å². The molecule has 3 heterocycles. The number of benzene rings is 8. The molecule has 0 radical (unpaired) electrons. The lowest BCUT2D eigenvalue weighted by atomic mass is 9.84. The highest BCUT2D eigenvalue weighted by Crippen LogP contribution is 2.50. The predicted molar refractivity (Wildman–Crippen MR) is 294 cm³/mol. The van der Waals surface area contributed by atoms with Gasteiger partial charge in [0.1, 0.15) is 11.3 Å². The number of anilines is 2. The minimum absolute atomic E-state index is 0.154. The Morgan fingerprint density at radius 3 is 1.73 bits per heavy atom. The average molecular weight is 915 g/mol. The fourth-order valence-corrected chi connectivity index (χ4v) is 17.3. The molecule has 0 amide bonds. The van der Waals surface area contributed by atoms with Crippen molar-refractivity contribution < 1.29 is 4.42 Å². The summed E-state index contributed by atoms with van der Waals surface area (Å²) in [7, 11) is -2.70. The second kappa shape index (κ2) is 16.5. The van der Waals surface area contributed by atoms with E-state index in [0.29, 0.717) is 5.92 Å². The van der Waals surface area contributed by atoms with E-state index in [4.69, 9.17) is 4.42 Å². The van der Waals surface area contributed by atoms with Crippen LogP contribution in [0, 0.1) is 0 Å². The minimum atomic E-state index is -2.70. The van der Waals surface area contributed by atoms with Crippen molar-refractivity contribution in [3.63, 3.8) is 0 Å². The summed E-state index contributed by atoms with van der Waals surface area (Å²) in [5, 5.41) is 8.00. The van der Waals surface area contributed by atoms with Gasteiger partial charge in [-0.1, -0.05) is 200 Å². The molecule has 0 bridgehead atoms. The van der Waals surface area contributed by atoms with Crippen molar-refractivity contribution in [2.75, 3.05) is 4.90 Å². The molecule has 2 aromatic heterocycles. The van der Waals surface area contributed by atoms with E-state index in [1.165, 1.54) is 81.9 Å². The largest absolute Gasteiger partial charge is 0.460 e. The topological polar surface area (TPSA) is 21.3 Å². The van der Waals surface area contributed by atoms with E-state index < -0.39 is 8.07 Å². The van der Waals surface area contributed by atoms with Crippen LogP contribution in [0.25, 0.3) is 39.7 Å². The first-order valence-corrected chi connectivity index (χ1v) is 26.9. The lowest BCUT2D eigenvalue weighted by Crippen LogP contribution is -2.74.